The van der Waals surface area contributed by atoms with E-state index in [1.807, 2.05) is 60.7 Å². The Morgan fingerprint density at radius 1 is 0.439 bits per heavy atom. The maximum absolute atomic E-state index is 14.3. The molecule has 642 valence electrons. The predicted molar refractivity (Wildman–Crippen MR) is 457 cm³/mol. The number of fused-ring (bicyclic) bond motifs is 15. The fourth-order valence-corrected chi connectivity index (χ4v) is 18.3. The number of phenols is 2. The molecule has 26 heteroatoms. The molecule has 10 aromatic rings. The van der Waals surface area contributed by atoms with Crippen LogP contribution in [0.1, 0.15) is 186 Å². The first-order valence-electron chi connectivity index (χ1n) is 41.8. The van der Waals surface area contributed by atoms with Gasteiger partial charge in [0.05, 0.1) is 109 Å². The van der Waals surface area contributed by atoms with Gasteiger partial charge in [-0.1, -0.05) is 143 Å². The van der Waals surface area contributed by atoms with Crippen LogP contribution in [-0.4, -0.2) is 118 Å². The topological polar surface area (TPSA) is 243 Å². The number of benzene rings is 10. The molecule has 0 spiro atoms. The first-order valence-corrected chi connectivity index (χ1v) is 42.6. The zero-order valence-corrected chi connectivity index (χ0v) is 69.4. The van der Waals surface area contributed by atoms with Crippen molar-refractivity contribution in [1.82, 2.24) is 0 Å². The van der Waals surface area contributed by atoms with Crippen LogP contribution < -0.4 is 31.3 Å². The van der Waals surface area contributed by atoms with Crippen LogP contribution in [0.3, 0.4) is 0 Å². The summed E-state index contributed by atoms with van der Waals surface area (Å²) in [6, 6.07) is 68.5. The molecular weight excluding hydrogens is 1600 g/mol. The molecule has 20 nitrogen and oxygen atoms in total. The lowest BCUT2D eigenvalue weighted by Crippen LogP contribution is -2.43. The van der Waals surface area contributed by atoms with Crippen molar-refractivity contribution in [2.45, 2.75) is 161 Å². The van der Waals surface area contributed by atoms with E-state index >= 15 is 0 Å². The third-order valence-corrected chi connectivity index (χ3v) is 24.4. The average molecular weight is 1700 g/mol. The Morgan fingerprint density at radius 2 is 0.837 bits per heavy atom. The van der Waals surface area contributed by atoms with E-state index in [9.17, 15) is 37.0 Å². The van der Waals surface area contributed by atoms with E-state index in [4.69, 9.17) is 57.4 Å². The van der Waals surface area contributed by atoms with Gasteiger partial charge in [0, 0.05) is 73.6 Å². The Labute approximate surface area is 716 Å². The van der Waals surface area contributed by atoms with Gasteiger partial charge in [-0.15, -0.1) is 0 Å². The standard InChI is InChI=1S/C22H25NO4.C21H25NO2.C19H17FN2O2.C18H16F3NO3S.C17H16FNO3/c1-13(2)15-7-8-19-18(12-15)21-22(26-10-9-25-21)20(23-19)16-5-4-6-17(11-16)27-14(3)24;1-3-14(2)16-9-10-18-17(13-16)20-21(24-12-11-23-20)19(22-18)15-7-5-4-6-8-15;20-15-4-2-1-3-13(15)17-19-18(23-9-10-24-19)14-11-12(7-8-21)5-6-16(14)22-17;19-18(20,21)26-12-4-5-14-13(9-12)16-17(25-7-6-24-16)15(22-14)10-2-1-3-11(23)8-10;18-11-4-5-14-13(9-11)16-17(22-7-6-21-16)15(19-14)10-2-1-3-12(20)8-10/h4-8,11-13,20-23H,9-10H2,1-3H3;4-10,13-14,19-22H,3,11-12H2,1-2H3;1-6,11,17-19,22H,7,9-10H2;1-5,8-9,15-17,22-23H,6-7H2;1-5,8-9,15-17,19-20H,6-7H2. The van der Waals surface area contributed by atoms with Crippen molar-refractivity contribution in [3.63, 3.8) is 0 Å². The minimum Gasteiger partial charge on any atom is -0.508 e. The molecule has 0 radical (unpaired) electrons. The Hall–Kier alpha value is -10.6. The summed E-state index contributed by atoms with van der Waals surface area (Å²) in [5.41, 5.74) is 13.3. The number of thioether (sulfide) groups is 1. The van der Waals surface area contributed by atoms with Crippen LogP contribution in [0, 0.1) is 23.0 Å². The van der Waals surface area contributed by atoms with Crippen LogP contribution in [0.4, 0.5) is 50.4 Å². The van der Waals surface area contributed by atoms with Crippen molar-refractivity contribution in [3.05, 3.63) is 302 Å². The minimum absolute atomic E-state index is 0.00390. The highest BCUT2D eigenvalue weighted by Gasteiger charge is 2.48. The molecule has 5 saturated heterocycles. The second-order valence-corrected chi connectivity index (χ2v) is 33.1. The Bertz CT molecular complexity index is 5400. The van der Waals surface area contributed by atoms with Gasteiger partial charge in [0.25, 0.3) is 0 Å². The molecule has 0 bridgehead atoms. The van der Waals surface area contributed by atoms with E-state index in [1.165, 1.54) is 65.2 Å². The largest absolute Gasteiger partial charge is 0.508 e. The van der Waals surface area contributed by atoms with Crippen molar-refractivity contribution in [3.8, 4) is 23.3 Å². The van der Waals surface area contributed by atoms with Gasteiger partial charge in [0.1, 0.15) is 89.9 Å². The quantitative estimate of drug-likeness (QED) is 0.0275. The van der Waals surface area contributed by atoms with Gasteiger partial charge in [-0.05, 0) is 172 Å². The summed E-state index contributed by atoms with van der Waals surface area (Å²) in [5.74, 6) is 1.03. The van der Waals surface area contributed by atoms with E-state index < -0.39 is 17.7 Å². The third kappa shape index (κ3) is 19.6. The van der Waals surface area contributed by atoms with E-state index in [-0.39, 0.29) is 125 Å². The number of phenolic OH excluding ortho intramolecular Hbond substituents is 2. The predicted octanol–water partition coefficient (Wildman–Crippen LogP) is 20.5. The van der Waals surface area contributed by atoms with Crippen LogP contribution in [-0.2, 0) is 58.6 Å². The number of halogens is 5. The number of nitrogens with one attached hydrogen (secondary N) is 5. The summed E-state index contributed by atoms with van der Waals surface area (Å²) in [4.78, 5) is 11.4. The summed E-state index contributed by atoms with van der Waals surface area (Å²) in [7, 11) is 0. The molecule has 16 unspecified atom stereocenters. The number of hydrogen-bond acceptors (Lipinski definition) is 21. The molecule has 123 heavy (non-hydrogen) atoms. The summed E-state index contributed by atoms with van der Waals surface area (Å²) in [5, 5.41) is 45.8. The Kier molecular flexibility index (Phi) is 27.0. The highest BCUT2D eigenvalue weighted by Crippen LogP contribution is 2.52. The minimum atomic E-state index is -4.34. The number of alkyl halides is 3. The summed E-state index contributed by atoms with van der Waals surface area (Å²) >= 11 is -0.145. The number of rotatable bonds is 11. The van der Waals surface area contributed by atoms with Crippen LogP contribution >= 0.6 is 11.8 Å². The van der Waals surface area contributed by atoms with E-state index in [2.05, 4.69) is 121 Å². The van der Waals surface area contributed by atoms with Gasteiger partial charge in [-0.2, -0.15) is 18.4 Å². The molecule has 5 fully saturated rings. The number of ether oxygens (including phenoxy) is 11. The summed E-state index contributed by atoms with van der Waals surface area (Å²) in [6.45, 7) is 15.6. The van der Waals surface area contributed by atoms with Crippen molar-refractivity contribution < 1.29 is 89.1 Å². The highest BCUT2D eigenvalue weighted by atomic mass is 32.2. The van der Waals surface area contributed by atoms with Gasteiger partial charge in [-0.3, -0.25) is 4.79 Å². The highest BCUT2D eigenvalue weighted by molar-refractivity contribution is 8.00. The molecular formula is C97H99F5N6O14S. The first kappa shape index (κ1) is 85.9. The van der Waals surface area contributed by atoms with Crippen LogP contribution in [0.25, 0.3) is 0 Å². The maximum Gasteiger partial charge on any atom is 0.446 e. The smallest absolute Gasteiger partial charge is 0.446 e. The molecule has 0 aliphatic carbocycles. The molecule has 0 saturated carbocycles. The zero-order chi connectivity index (χ0) is 85.4. The van der Waals surface area contributed by atoms with Crippen LogP contribution in [0.5, 0.6) is 17.2 Å². The molecule has 0 amide bonds. The monoisotopic (exact) mass is 1700 g/mol. The fourth-order valence-electron chi connectivity index (χ4n) is 17.7. The number of esters is 1. The number of nitriles is 1. The third-order valence-electron chi connectivity index (χ3n) is 23.7. The van der Waals surface area contributed by atoms with Crippen molar-refractivity contribution in [2.75, 3.05) is 92.7 Å². The number of carbonyl (C=O) groups excluding carboxylic acids is 1. The lowest BCUT2D eigenvalue weighted by Gasteiger charge is -2.43. The first-order chi connectivity index (χ1) is 59.7. The number of anilines is 5. The lowest BCUT2D eigenvalue weighted by atomic mass is 9.85. The fraction of sp³-hybridized carbons (Fsp3) is 0.361. The number of nitrogens with zero attached hydrogens (tertiary/aromatic N) is 1. The van der Waals surface area contributed by atoms with Gasteiger partial charge in [-0.25, -0.2) is 8.78 Å². The molecule has 0 aromatic heterocycles. The van der Waals surface area contributed by atoms with Gasteiger partial charge in [0.15, 0.2) is 0 Å². The Morgan fingerprint density at radius 3 is 1.32 bits per heavy atom. The molecule has 10 aromatic carbocycles. The van der Waals surface area contributed by atoms with Crippen LogP contribution in [0.15, 0.2) is 223 Å². The molecule has 10 heterocycles. The number of hydrogen-bond donors (Lipinski definition) is 7. The van der Waals surface area contributed by atoms with Crippen molar-refractivity contribution in [2.24, 2.45) is 0 Å². The normalized spacial score (nSPS) is 25.5. The average Bonchev–Trinajstić information content (AvgIpc) is 0.780. The van der Waals surface area contributed by atoms with E-state index in [0.29, 0.717) is 107 Å². The zero-order valence-electron chi connectivity index (χ0n) is 68.6. The number of aromatic hydroxyl groups is 2. The SMILES string of the molecule is CC(=O)Oc1cccc(C2Nc3ccc(C(C)C)cc3C3OCCOC23)c1.CCC(C)c1ccc2c(c1)C1OCCOC1C(c1ccccc1)N2.N#CCc1ccc2c(c1)C1OCCOC1C(c1ccccc1F)N2.Oc1cccc(C2Nc3ccc(F)cc3C3OCCOC23)c1.Oc1cccc(C2Nc3ccc(SC(F)(F)F)cc3C3OCCOC23)c1. The molecule has 10 aliphatic heterocycles. The van der Waals surface area contributed by atoms with Gasteiger partial charge in [0.2, 0.25) is 0 Å². The molecule has 20 rings (SSSR count). The lowest BCUT2D eigenvalue weighted by molar-refractivity contribution is -0.151. The van der Waals surface area contributed by atoms with Gasteiger partial charge < -0.3 is 88.9 Å². The summed E-state index contributed by atoms with van der Waals surface area (Å²) in [6.07, 6.45) is -0.753. The number of carbonyl (C=O) groups is 1. The van der Waals surface area contributed by atoms with Gasteiger partial charge >= 0.3 is 11.5 Å². The van der Waals surface area contributed by atoms with Crippen LogP contribution in [0.2, 0.25) is 0 Å². The maximum atomic E-state index is 14.3. The molecule has 10 aliphatic rings. The second-order valence-electron chi connectivity index (χ2n) is 32.0. The molecule has 7 N–H and O–H groups in total. The van der Waals surface area contributed by atoms with Crippen molar-refractivity contribution >= 4 is 46.2 Å². The van der Waals surface area contributed by atoms with Crippen molar-refractivity contribution in [1.29, 1.82) is 5.26 Å². The van der Waals surface area contributed by atoms with E-state index in [0.717, 1.165) is 62.4 Å². The second kappa shape index (κ2) is 38.6. The molecule has 16 atom stereocenters. The Balaban J connectivity index is 0.000000114. The summed E-state index contributed by atoms with van der Waals surface area (Å²) < 4.78 is 131. The van der Waals surface area contributed by atoms with E-state index in [1.54, 1.807) is 66.7 Å².